The third-order valence-electron chi connectivity index (χ3n) is 4.03. The Hall–Kier alpha value is -3.13. The predicted octanol–water partition coefficient (Wildman–Crippen LogP) is 0.802. The quantitative estimate of drug-likeness (QED) is 0.532. The molecule has 1 unspecified atom stereocenters. The Morgan fingerprint density at radius 1 is 1.43 bits per heavy atom. The van der Waals surface area contributed by atoms with E-state index in [-0.39, 0.29) is 11.6 Å². The lowest BCUT2D eigenvalue weighted by Crippen LogP contribution is -2.24. The third-order valence-corrected chi connectivity index (χ3v) is 4.03. The maximum Gasteiger partial charge on any atom is 0.318 e. The van der Waals surface area contributed by atoms with Crippen molar-refractivity contribution < 1.29 is 4.79 Å². The number of anilines is 1. The summed E-state index contributed by atoms with van der Waals surface area (Å²) in [6, 6.07) is 4.70. The van der Waals surface area contributed by atoms with Gasteiger partial charge in [-0.3, -0.25) is 9.20 Å². The minimum atomic E-state index is -0.417. The smallest absolute Gasteiger partial charge is 0.318 e. The second-order valence-corrected chi connectivity index (χ2v) is 5.32. The maximum absolute atomic E-state index is 12.1. The molecule has 0 spiro atoms. The topological polar surface area (TPSA) is 117 Å². The summed E-state index contributed by atoms with van der Waals surface area (Å²) < 4.78 is 1.71. The maximum atomic E-state index is 12.1. The van der Waals surface area contributed by atoms with Crippen LogP contribution in [-0.2, 0) is 0 Å². The number of carbonyl (C=O) groups excluding carboxylic acids is 1. The second kappa shape index (κ2) is 4.68. The van der Waals surface area contributed by atoms with Gasteiger partial charge in [0.15, 0.2) is 0 Å². The first-order chi connectivity index (χ1) is 11.1. The first kappa shape index (κ1) is 13.5. The van der Waals surface area contributed by atoms with E-state index in [2.05, 4.69) is 20.6 Å². The van der Waals surface area contributed by atoms with E-state index >= 15 is 0 Å². The number of carbonyl (C=O) groups is 1. The van der Waals surface area contributed by atoms with E-state index in [9.17, 15) is 9.59 Å². The number of rotatable bonds is 1. The number of H-pyrrole nitrogens is 1. The first-order valence-corrected chi connectivity index (χ1v) is 7.08. The zero-order chi connectivity index (χ0) is 16.1. The van der Waals surface area contributed by atoms with E-state index in [1.807, 2.05) is 12.1 Å². The van der Waals surface area contributed by atoms with Gasteiger partial charge in [0.25, 0.3) is 5.56 Å². The number of aromatic amines is 1. The molecule has 0 radical (unpaired) electrons. The van der Waals surface area contributed by atoms with Gasteiger partial charge in [0.2, 0.25) is 5.65 Å². The summed E-state index contributed by atoms with van der Waals surface area (Å²) in [4.78, 5) is 30.5. The molecule has 23 heavy (non-hydrogen) atoms. The highest BCUT2D eigenvalue weighted by Gasteiger charge is 2.30. The van der Waals surface area contributed by atoms with Gasteiger partial charge in [0.05, 0.1) is 17.4 Å². The van der Waals surface area contributed by atoms with Crippen LogP contribution in [-0.4, -0.2) is 27.4 Å². The number of urea groups is 1. The molecule has 5 N–H and O–H groups in total. The first-order valence-electron chi connectivity index (χ1n) is 7.08. The molecule has 1 aliphatic rings. The van der Waals surface area contributed by atoms with Crippen LogP contribution in [0, 0.1) is 0 Å². The number of nitrogens with one attached hydrogen (secondary N) is 3. The van der Waals surface area contributed by atoms with Crippen molar-refractivity contribution in [1.82, 2.24) is 19.7 Å². The molecular weight excluding hydrogens is 296 g/mol. The van der Waals surface area contributed by atoms with Crippen molar-refractivity contribution >= 4 is 17.4 Å². The van der Waals surface area contributed by atoms with Crippen molar-refractivity contribution in [3.63, 3.8) is 0 Å². The Morgan fingerprint density at radius 2 is 2.26 bits per heavy atom. The zero-order valence-corrected chi connectivity index (χ0v) is 12.3. The highest BCUT2D eigenvalue weighted by atomic mass is 16.2. The Bertz CT molecular complexity index is 1000. The molecule has 0 fully saturated rings. The van der Waals surface area contributed by atoms with Gasteiger partial charge in [-0.1, -0.05) is 6.07 Å². The third kappa shape index (κ3) is 1.85. The zero-order valence-electron chi connectivity index (χ0n) is 12.3. The van der Waals surface area contributed by atoms with Crippen LogP contribution in [0.3, 0.4) is 0 Å². The van der Waals surface area contributed by atoms with E-state index in [1.54, 1.807) is 29.9 Å². The van der Waals surface area contributed by atoms with E-state index in [0.717, 1.165) is 16.8 Å². The van der Waals surface area contributed by atoms with E-state index in [0.29, 0.717) is 17.0 Å². The molecule has 0 saturated carbocycles. The van der Waals surface area contributed by atoms with E-state index < -0.39 is 6.04 Å². The summed E-state index contributed by atoms with van der Waals surface area (Å²) in [5.41, 5.74) is 10.2. The summed E-state index contributed by atoms with van der Waals surface area (Å²) in [5.74, 6) is 0. The molecule has 0 saturated heterocycles. The number of fused-ring (bicyclic) bond motifs is 5. The molecule has 1 atom stereocenters. The van der Waals surface area contributed by atoms with Gasteiger partial charge in [-0.15, -0.1) is 0 Å². The van der Waals surface area contributed by atoms with Crippen molar-refractivity contribution in [3.05, 3.63) is 52.2 Å². The normalized spacial score (nSPS) is 15.3. The molecule has 3 aromatic rings. The van der Waals surface area contributed by atoms with Crippen molar-refractivity contribution in [2.24, 2.45) is 5.73 Å². The predicted molar refractivity (Wildman–Crippen MR) is 85.4 cm³/mol. The molecule has 2 aromatic heterocycles. The lowest BCUT2D eigenvalue weighted by molar-refractivity contribution is 0.254. The number of nitrogens with two attached hydrogens (primary N) is 1. The van der Waals surface area contributed by atoms with Crippen LogP contribution in [0.5, 0.6) is 0 Å². The average molecular weight is 310 g/mol. The number of benzene rings is 1. The summed E-state index contributed by atoms with van der Waals surface area (Å²) in [6.07, 6.45) is 3.29. The number of nitrogens with zero attached hydrogens (tertiary/aromatic N) is 2. The Morgan fingerprint density at radius 3 is 3.04 bits per heavy atom. The minimum Gasteiger partial charge on any atom is -0.341 e. The minimum absolute atomic E-state index is 0.263. The molecule has 116 valence electrons. The van der Waals surface area contributed by atoms with Gasteiger partial charge in [-0.05, 0) is 17.7 Å². The fourth-order valence-electron chi connectivity index (χ4n) is 3.00. The number of aromatic nitrogens is 3. The lowest BCUT2D eigenvalue weighted by atomic mass is 10.1. The van der Waals surface area contributed by atoms with Crippen LogP contribution in [0.4, 0.5) is 10.5 Å². The van der Waals surface area contributed by atoms with Crippen LogP contribution >= 0.6 is 0 Å². The molecule has 0 aliphatic heterocycles. The average Bonchev–Trinajstić information content (AvgIpc) is 3.12. The van der Waals surface area contributed by atoms with Gasteiger partial charge < -0.3 is 21.4 Å². The van der Waals surface area contributed by atoms with Gasteiger partial charge in [-0.25, -0.2) is 9.78 Å². The van der Waals surface area contributed by atoms with Gasteiger partial charge in [-0.2, -0.15) is 0 Å². The number of amides is 2. The molecule has 1 aromatic carbocycles. The molecule has 4 rings (SSSR count). The van der Waals surface area contributed by atoms with Crippen LogP contribution in [0.2, 0.25) is 0 Å². The second-order valence-electron chi connectivity index (χ2n) is 5.32. The van der Waals surface area contributed by atoms with Crippen molar-refractivity contribution in [1.29, 1.82) is 0 Å². The molecule has 0 bridgehead atoms. The lowest BCUT2D eigenvalue weighted by Gasteiger charge is -2.10. The van der Waals surface area contributed by atoms with E-state index in [1.165, 1.54) is 0 Å². The summed E-state index contributed by atoms with van der Waals surface area (Å²) in [5, 5.41) is 5.21. The monoisotopic (exact) mass is 310 g/mol. The summed E-state index contributed by atoms with van der Waals surface area (Å²) in [6.45, 7) is 0. The summed E-state index contributed by atoms with van der Waals surface area (Å²) in [7, 11) is 1.55. The molecule has 2 amide bonds. The molecule has 1 aliphatic carbocycles. The van der Waals surface area contributed by atoms with Crippen molar-refractivity contribution in [3.8, 4) is 11.3 Å². The number of imidazole rings is 1. The van der Waals surface area contributed by atoms with Gasteiger partial charge in [0, 0.05) is 30.7 Å². The van der Waals surface area contributed by atoms with Crippen molar-refractivity contribution in [2.75, 3.05) is 12.4 Å². The largest absolute Gasteiger partial charge is 0.341 e. The highest BCUT2D eigenvalue weighted by molar-refractivity contribution is 5.90. The SMILES string of the molecule is CNC(=O)Nc1ccc2c(c1)C(N)c1c-2[nH]c(=O)c2nccn12. The molecule has 8 heteroatoms. The Kier molecular flexibility index (Phi) is 2.75. The molecular formula is C15H14N6O2. The standard InChI is InChI=1S/C15H14N6O2/c1-17-15(23)19-7-2-3-8-9(6-7)10(16)12-11(8)20-14(22)13-18-4-5-21(12)13/h2-6,10H,16H2,1H3,(H,20,22)(H2,17,19,23). The number of hydrogen-bond acceptors (Lipinski definition) is 4. The molecule has 8 nitrogen and oxygen atoms in total. The fraction of sp³-hybridized carbons (Fsp3) is 0.133. The van der Waals surface area contributed by atoms with E-state index in [4.69, 9.17) is 5.73 Å². The van der Waals surface area contributed by atoms with Crippen LogP contribution in [0.25, 0.3) is 16.9 Å². The Balaban J connectivity index is 1.90. The highest BCUT2D eigenvalue weighted by Crippen LogP contribution is 2.41. The van der Waals surface area contributed by atoms with Gasteiger partial charge >= 0.3 is 6.03 Å². The Labute approximate surface area is 130 Å². The van der Waals surface area contributed by atoms with Crippen LogP contribution < -0.4 is 21.9 Å². The van der Waals surface area contributed by atoms with Crippen LogP contribution in [0.15, 0.2) is 35.4 Å². The van der Waals surface area contributed by atoms with Crippen molar-refractivity contribution in [2.45, 2.75) is 6.04 Å². The summed E-state index contributed by atoms with van der Waals surface area (Å²) >= 11 is 0. The van der Waals surface area contributed by atoms with Gasteiger partial charge in [0.1, 0.15) is 0 Å². The molecule has 2 heterocycles. The fourth-order valence-corrected chi connectivity index (χ4v) is 3.00. The van der Waals surface area contributed by atoms with Crippen LogP contribution in [0.1, 0.15) is 17.3 Å². The number of hydrogen-bond donors (Lipinski definition) is 4.